The van der Waals surface area contributed by atoms with E-state index in [0.717, 1.165) is 38.1 Å². The zero-order chi connectivity index (χ0) is 13.8. The van der Waals surface area contributed by atoms with E-state index in [0.29, 0.717) is 13.0 Å². The molecule has 4 nitrogen and oxygen atoms in total. The second kappa shape index (κ2) is 6.09. The summed E-state index contributed by atoms with van der Waals surface area (Å²) < 4.78 is 5.38. The highest BCUT2D eigenvalue weighted by Gasteiger charge is 2.16. The number of benzene rings is 1. The number of amides is 1. The molecule has 0 radical (unpaired) electrons. The first-order chi connectivity index (χ1) is 9.84. The summed E-state index contributed by atoms with van der Waals surface area (Å²) in [5, 5.41) is 1.22. The number of carbonyl (C=O) groups excluding carboxylic acids is 1. The molecule has 1 aromatic heterocycles. The van der Waals surface area contributed by atoms with Crippen LogP contribution in [0.1, 0.15) is 18.4 Å². The van der Waals surface area contributed by atoms with Crippen LogP contribution in [0, 0.1) is 0 Å². The normalized spacial score (nSPS) is 16.3. The number of para-hydroxylation sites is 1. The van der Waals surface area contributed by atoms with E-state index in [4.69, 9.17) is 4.74 Å². The van der Waals surface area contributed by atoms with Gasteiger partial charge in [0, 0.05) is 43.2 Å². The van der Waals surface area contributed by atoms with Crippen molar-refractivity contribution in [2.45, 2.75) is 19.3 Å². The zero-order valence-electron chi connectivity index (χ0n) is 11.6. The molecule has 1 aromatic carbocycles. The van der Waals surface area contributed by atoms with Crippen LogP contribution < -0.4 is 0 Å². The molecule has 106 valence electrons. The molecule has 0 unspecified atom stereocenters. The number of nitrogens with one attached hydrogen (secondary N) is 1. The monoisotopic (exact) mass is 272 g/mol. The minimum atomic E-state index is 0.237. The molecule has 0 bridgehead atoms. The Labute approximate surface area is 118 Å². The van der Waals surface area contributed by atoms with Crippen LogP contribution >= 0.6 is 0 Å². The number of hydrogen-bond donors (Lipinski definition) is 1. The van der Waals surface area contributed by atoms with Crippen molar-refractivity contribution in [2.75, 3.05) is 26.3 Å². The summed E-state index contributed by atoms with van der Waals surface area (Å²) in [5.74, 6) is 0.237. The van der Waals surface area contributed by atoms with Gasteiger partial charge in [-0.05, 0) is 24.5 Å². The van der Waals surface area contributed by atoms with Gasteiger partial charge < -0.3 is 14.6 Å². The number of hydrogen-bond acceptors (Lipinski definition) is 2. The summed E-state index contributed by atoms with van der Waals surface area (Å²) in [4.78, 5) is 17.4. The van der Waals surface area contributed by atoms with Crippen molar-refractivity contribution in [1.82, 2.24) is 9.88 Å². The number of ether oxygens (including phenoxy) is 1. The summed E-state index contributed by atoms with van der Waals surface area (Å²) >= 11 is 0. The number of aryl methyl sites for hydroxylation is 1. The van der Waals surface area contributed by atoms with Gasteiger partial charge in [-0.15, -0.1) is 0 Å². The maximum absolute atomic E-state index is 12.2. The number of carbonyl (C=O) groups is 1. The Morgan fingerprint density at radius 2 is 2.15 bits per heavy atom. The summed E-state index contributed by atoms with van der Waals surface area (Å²) in [6.45, 7) is 2.99. The molecule has 2 heterocycles. The maximum Gasteiger partial charge on any atom is 0.222 e. The molecule has 2 aromatic rings. The summed E-state index contributed by atoms with van der Waals surface area (Å²) in [7, 11) is 0. The SMILES string of the molecule is O=C(CCc1c[nH]c2ccccc12)N1CCCOCC1. The van der Waals surface area contributed by atoms with Crippen LogP contribution in [0.3, 0.4) is 0 Å². The van der Waals surface area contributed by atoms with E-state index in [1.807, 2.05) is 23.2 Å². The van der Waals surface area contributed by atoms with Crippen LogP contribution in [-0.2, 0) is 16.0 Å². The molecule has 20 heavy (non-hydrogen) atoms. The van der Waals surface area contributed by atoms with Crippen LogP contribution in [0.5, 0.6) is 0 Å². The fourth-order valence-electron chi connectivity index (χ4n) is 2.73. The Morgan fingerprint density at radius 3 is 3.10 bits per heavy atom. The van der Waals surface area contributed by atoms with Gasteiger partial charge in [0.05, 0.1) is 6.61 Å². The van der Waals surface area contributed by atoms with Gasteiger partial charge in [-0.2, -0.15) is 0 Å². The Bertz CT molecular complexity index is 583. The van der Waals surface area contributed by atoms with E-state index in [1.165, 1.54) is 10.9 Å². The van der Waals surface area contributed by atoms with E-state index < -0.39 is 0 Å². The van der Waals surface area contributed by atoms with Gasteiger partial charge in [-0.25, -0.2) is 0 Å². The number of aromatic nitrogens is 1. The number of aromatic amines is 1. The highest BCUT2D eigenvalue weighted by molar-refractivity contribution is 5.84. The fourth-order valence-corrected chi connectivity index (χ4v) is 2.73. The molecular formula is C16H20N2O2. The highest BCUT2D eigenvalue weighted by Crippen LogP contribution is 2.19. The lowest BCUT2D eigenvalue weighted by molar-refractivity contribution is -0.131. The first-order valence-electron chi connectivity index (χ1n) is 7.25. The Hall–Kier alpha value is -1.81. The lowest BCUT2D eigenvalue weighted by Gasteiger charge is -2.19. The predicted octanol–water partition coefficient (Wildman–Crippen LogP) is 2.35. The Kier molecular flexibility index (Phi) is 4.02. The van der Waals surface area contributed by atoms with Crippen molar-refractivity contribution in [2.24, 2.45) is 0 Å². The molecule has 1 N–H and O–H groups in total. The van der Waals surface area contributed by atoms with Crippen LogP contribution in [0.15, 0.2) is 30.5 Å². The molecule has 1 amide bonds. The van der Waals surface area contributed by atoms with E-state index in [1.54, 1.807) is 0 Å². The third kappa shape index (κ3) is 2.85. The smallest absolute Gasteiger partial charge is 0.222 e. The second-order valence-electron chi connectivity index (χ2n) is 5.21. The van der Waals surface area contributed by atoms with Gasteiger partial charge in [-0.3, -0.25) is 4.79 Å². The van der Waals surface area contributed by atoms with E-state index in [2.05, 4.69) is 17.1 Å². The van der Waals surface area contributed by atoms with Gasteiger partial charge in [0.1, 0.15) is 0 Å². The van der Waals surface area contributed by atoms with Crippen molar-refractivity contribution in [1.29, 1.82) is 0 Å². The van der Waals surface area contributed by atoms with Gasteiger partial charge in [0.2, 0.25) is 5.91 Å². The largest absolute Gasteiger partial charge is 0.380 e. The van der Waals surface area contributed by atoms with E-state index >= 15 is 0 Å². The Morgan fingerprint density at radius 1 is 1.25 bits per heavy atom. The minimum absolute atomic E-state index is 0.237. The average Bonchev–Trinajstić information content (AvgIpc) is 2.70. The molecular weight excluding hydrogens is 252 g/mol. The quantitative estimate of drug-likeness (QED) is 0.932. The third-order valence-corrected chi connectivity index (χ3v) is 3.86. The summed E-state index contributed by atoms with van der Waals surface area (Å²) in [5.41, 5.74) is 2.36. The van der Waals surface area contributed by atoms with Crippen LogP contribution in [-0.4, -0.2) is 42.1 Å². The standard InChI is InChI=1S/C16H20N2O2/c19-16(18-8-3-10-20-11-9-18)7-6-13-12-17-15-5-2-1-4-14(13)15/h1-2,4-5,12,17H,3,6-11H2. The topological polar surface area (TPSA) is 45.3 Å². The highest BCUT2D eigenvalue weighted by atomic mass is 16.5. The molecule has 1 aliphatic rings. The molecule has 0 spiro atoms. The van der Waals surface area contributed by atoms with Gasteiger partial charge in [0.25, 0.3) is 0 Å². The number of fused-ring (bicyclic) bond motifs is 1. The maximum atomic E-state index is 12.2. The van der Waals surface area contributed by atoms with Gasteiger partial charge >= 0.3 is 0 Å². The predicted molar refractivity (Wildman–Crippen MR) is 78.6 cm³/mol. The fraction of sp³-hybridized carbons (Fsp3) is 0.438. The van der Waals surface area contributed by atoms with Crippen molar-refractivity contribution >= 4 is 16.8 Å². The summed E-state index contributed by atoms with van der Waals surface area (Å²) in [6.07, 6.45) is 4.32. The number of nitrogens with zero attached hydrogens (tertiary/aromatic N) is 1. The average molecular weight is 272 g/mol. The third-order valence-electron chi connectivity index (χ3n) is 3.86. The first kappa shape index (κ1) is 13.2. The lowest BCUT2D eigenvalue weighted by atomic mass is 10.1. The van der Waals surface area contributed by atoms with Crippen molar-refractivity contribution in [3.05, 3.63) is 36.0 Å². The first-order valence-corrected chi connectivity index (χ1v) is 7.25. The van der Waals surface area contributed by atoms with Crippen LogP contribution in [0.4, 0.5) is 0 Å². The molecule has 0 atom stereocenters. The van der Waals surface area contributed by atoms with Gasteiger partial charge in [-0.1, -0.05) is 18.2 Å². The molecule has 1 aliphatic heterocycles. The number of H-pyrrole nitrogens is 1. The van der Waals surface area contributed by atoms with Crippen LogP contribution in [0.2, 0.25) is 0 Å². The summed E-state index contributed by atoms with van der Waals surface area (Å²) in [6, 6.07) is 8.22. The van der Waals surface area contributed by atoms with Crippen molar-refractivity contribution < 1.29 is 9.53 Å². The zero-order valence-corrected chi connectivity index (χ0v) is 11.6. The van der Waals surface area contributed by atoms with E-state index in [9.17, 15) is 4.79 Å². The second-order valence-corrected chi connectivity index (χ2v) is 5.21. The van der Waals surface area contributed by atoms with Crippen molar-refractivity contribution in [3.63, 3.8) is 0 Å². The molecule has 3 rings (SSSR count). The molecule has 4 heteroatoms. The van der Waals surface area contributed by atoms with E-state index in [-0.39, 0.29) is 5.91 Å². The van der Waals surface area contributed by atoms with Crippen LogP contribution in [0.25, 0.3) is 10.9 Å². The lowest BCUT2D eigenvalue weighted by Crippen LogP contribution is -2.33. The molecule has 0 aliphatic carbocycles. The minimum Gasteiger partial charge on any atom is -0.380 e. The van der Waals surface area contributed by atoms with Crippen molar-refractivity contribution in [3.8, 4) is 0 Å². The Balaban J connectivity index is 1.62. The van der Waals surface area contributed by atoms with Gasteiger partial charge in [0.15, 0.2) is 0 Å². The molecule has 0 saturated carbocycles. The molecule has 1 saturated heterocycles. The number of rotatable bonds is 3. The molecule has 1 fully saturated rings.